The van der Waals surface area contributed by atoms with Gasteiger partial charge in [-0.3, -0.25) is 4.98 Å². The highest BCUT2D eigenvalue weighted by Gasteiger charge is 2.15. The van der Waals surface area contributed by atoms with Gasteiger partial charge in [-0.1, -0.05) is 6.07 Å². The summed E-state index contributed by atoms with van der Waals surface area (Å²) >= 11 is 0. The molecule has 0 saturated heterocycles. The molecule has 1 aliphatic rings. The van der Waals surface area contributed by atoms with Gasteiger partial charge in [0.05, 0.1) is 12.7 Å². The minimum absolute atomic E-state index is 0.474. The van der Waals surface area contributed by atoms with Crippen LogP contribution in [0.4, 0.5) is 0 Å². The average Bonchev–Trinajstić information content (AvgIpc) is 2.87. The van der Waals surface area contributed by atoms with Crippen molar-refractivity contribution in [1.29, 1.82) is 0 Å². The monoisotopic (exact) mass is 241 g/mol. The van der Waals surface area contributed by atoms with Crippen molar-refractivity contribution in [2.45, 2.75) is 18.9 Å². The molecule has 0 spiro atoms. The van der Waals surface area contributed by atoms with E-state index in [9.17, 15) is 5.11 Å². The second kappa shape index (κ2) is 4.78. The fraction of sp³-hybridized carbons (Fsp3) is 0.267. The standard InChI is InChI=1S/C15H15NO2/c17-14(9-11-3-6-16-7-4-11)12-1-2-15-13(10-12)5-8-18-15/h1-4,6-7,10,14,17H,5,8-9H2. The second-order valence-electron chi connectivity index (χ2n) is 4.54. The molecule has 2 heterocycles. The highest BCUT2D eigenvalue weighted by molar-refractivity contribution is 5.40. The number of aliphatic hydroxyl groups is 1. The van der Waals surface area contributed by atoms with Crippen LogP contribution in [0.5, 0.6) is 5.75 Å². The van der Waals surface area contributed by atoms with Crippen LogP contribution in [0.1, 0.15) is 22.8 Å². The number of hydrogen-bond acceptors (Lipinski definition) is 3. The maximum absolute atomic E-state index is 10.2. The molecule has 0 amide bonds. The van der Waals surface area contributed by atoms with Crippen LogP contribution in [0.15, 0.2) is 42.7 Å². The van der Waals surface area contributed by atoms with Crippen molar-refractivity contribution >= 4 is 0 Å². The molecular formula is C15H15NO2. The molecule has 3 heteroatoms. The van der Waals surface area contributed by atoms with Crippen LogP contribution < -0.4 is 4.74 Å². The third kappa shape index (κ3) is 2.22. The minimum atomic E-state index is -0.474. The molecule has 18 heavy (non-hydrogen) atoms. The van der Waals surface area contributed by atoms with Gasteiger partial charge < -0.3 is 9.84 Å². The molecule has 0 fully saturated rings. The summed E-state index contributed by atoms with van der Waals surface area (Å²) < 4.78 is 5.46. The first-order valence-electron chi connectivity index (χ1n) is 6.15. The number of rotatable bonds is 3. The molecule has 3 rings (SSSR count). The smallest absolute Gasteiger partial charge is 0.122 e. The van der Waals surface area contributed by atoms with Crippen molar-refractivity contribution in [2.75, 3.05) is 6.61 Å². The van der Waals surface area contributed by atoms with Crippen LogP contribution in [0.3, 0.4) is 0 Å². The molecule has 0 bridgehead atoms. The highest BCUT2D eigenvalue weighted by Crippen LogP contribution is 2.29. The summed E-state index contributed by atoms with van der Waals surface area (Å²) in [7, 11) is 0. The van der Waals surface area contributed by atoms with Gasteiger partial charge in [0, 0.05) is 25.2 Å². The van der Waals surface area contributed by atoms with Gasteiger partial charge >= 0.3 is 0 Å². The Morgan fingerprint density at radius 1 is 1.22 bits per heavy atom. The Kier molecular flexibility index (Phi) is 2.99. The van der Waals surface area contributed by atoms with Gasteiger partial charge in [-0.25, -0.2) is 0 Å². The van der Waals surface area contributed by atoms with Crippen LogP contribution >= 0.6 is 0 Å². The van der Waals surface area contributed by atoms with Gasteiger partial charge in [-0.15, -0.1) is 0 Å². The Morgan fingerprint density at radius 2 is 2.06 bits per heavy atom. The molecule has 1 aromatic heterocycles. The maximum atomic E-state index is 10.2. The van der Waals surface area contributed by atoms with Crippen molar-refractivity contribution in [3.63, 3.8) is 0 Å². The summed E-state index contributed by atoms with van der Waals surface area (Å²) in [4.78, 5) is 3.97. The lowest BCUT2D eigenvalue weighted by Gasteiger charge is -2.12. The van der Waals surface area contributed by atoms with Crippen molar-refractivity contribution in [3.8, 4) is 5.75 Å². The zero-order valence-electron chi connectivity index (χ0n) is 10.0. The van der Waals surface area contributed by atoms with E-state index in [1.54, 1.807) is 12.4 Å². The van der Waals surface area contributed by atoms with E-state index in [-0.39, 0.29) is 0 Å². The SMILES string of the molecule is OC(Cc1ccncc1)c1ccc2c(c1)CCO2. The number of pyridine rings is 1. The number of ether oxygens (including phenoxy) is 1. The Balaban J connectivity index is 1.78. The Bertz CT molecular complexity index is 539. The first-order chi connectivity index (χ1) is 8.83. The van der Waals surface area contributed by atoms with Gasteiger partial charge in [-0.05, 0) is 41.0 Å². The number of aliphatic hydroxyl groups excluding tert-OH is 1. The number of fused-ring (bicyclic) bond motifs is 1. The molecule has 92 valence electrons. The molecule has 0 saturated carbocycles. The second-order valence-corrected chi connectivity index (χ2v) is 4.54. The van der Waals surface area contributed by atoms with E-state index in [0.717, 1.165) is 29.9 Å². The van der Waals surface area contributed by atoms with Crippen LogP contribution in [0.25, 0.3) is 0 Å². The Morgan fingerprint density at radius 3 is 2.89 bits per heavy atom. The van der Waals surface area contributed by atoms with Crippen LogP contribution in [-0.4, -0.2) is 16.7 Å². The zero-order valence-corrected chi connectivity index (χ0v) is 10.0. The van der Waals surface area contributed by atoms with Gasteiger partial charge in [0.2, 0.25) is 0 Å². The highest BCUT2D eigenvalue weighted by atomic mass is 16.5. The maximum Gasteiger partial charge on any atom is 0.122 e. The lowest BCUT2D eigenvalue weighted by molar-refractivity contribution is 0.178. The first-order valence-corrected chi connectivity index (χ1v) is 6.15. The van der Waals surface area contributed by atoms with E-state index >= 15 is 0 Å². The van der Waals surface area contributed by atoms with Crippen LogP contribution in [0, 0.1) is 0 Å². The number of aromatic nitrogens is 1. The average molecular weight is 241 g/mol. The minimum Gasteiger partial charge on any atom is -0.493 e. The topological polar surface area (TPSA) is 42.4 Å². The van der Waals surface area contributed by atoms with Crippen molar-refractivity contribution < 1.29 is 9.84 Å². The van der Waals surface area contributed by atoms with Crippen molar-refractivity contribution in [2.24, 2.45) is 0 Å². The molecule has 2 aromatic rings. The predicted octanol–water partition coefficient (Wildman–Crippen LogP) is 2.29. The lowest BCUT2D eigenvalue weighted by Crippen LogP contribution is -2.02. The van der Waals surface area contributed by atoms with E-state index in [2.05, 4.69) is 4.98 Å². The van der Waals surface area contributed by atoms with E-state index in [1.807, 2.05) is 30.3 Å². The van der Waals surface area contributed by atoms with Gasteiger partial charge in [0.1, 0.15) is 5.75 Å². The third-order valence-corrected chi connectivity index (χ3v) is 3.28. The first kappa shape index (κ1) is 11.2. The molecule has 0 radical (unpaired) electrons. The molecular weight excluding hydrogens is 226 g/mol. The Labute approximate surface area is 106 Å². The number of hydrogen-bond donors (Lipinski definition) is 1. The van der Waals surface area contributed by atoms with Crippen molar-refractivity contribution in [3.05, 3.63) is 59.4 Å². The molecule has 1 atom stereocenters. The largest absolute Gasteiger partial charge is 0.493 e. The predicted molar refractivity (Wildman–Crippen MR) is 68.5 cm³/mol. The fourth-order valence-corrected chi connectivity index (χ4v) is 2.27. The summed E-state index contributed by atoms with van der Waals surface area (Å²) in [6.07, 6.45) is 4.57. The Hall–Kier alpha value is -1.87. The van der Waals surface area contributed by atoms with Crippen LogP contribution in [-0.2, 0) is 12.8 Å². The van der Waals surface area contributed by atoms with Crippen molar-refractivity contribution in [1.82, 2.24) is 4.98 Å². The van der Waals surface area contributed by atoms with E-state index in [4.69, 9.17) is 4.74 Å². The normalized spacial score (nSPS) is 14.9. The molecule has 1 N–H and O–H groups in total. The summed E-state index contributed by atoms with van der Waals surface area (Å²) in [5.41, 5.74) is 3.24. The van der Waals surface area contributed by atoms with E-state index in [1.165, 1.54) is 5.56 Å². The quantitative estimate of drug-likeness (QED) is 0.896. The van der Waals surface area contributed by atoms with Gasteiger partial charge in [0.25, 0.3) is 0 Å². The summed E-state index contributed by atoms with van der Waals surface area (Å²) in [6, 6.07) is 9.80. The number of benzene rings is 1. The zero-order chi connectivity index (χ0) is 12.4. The van der Waals surface area contributed by atoms with E-state index in [0.29, 0.717) is 6.42 Å². The van der Waals surface area contributed by atoms with Gasteiger partial charge in [-0.2, -0.15) is 0 Å². The van der Waals surface area contributed by atoms with E-state index < -0.39 is 6.10 Å². The number of nitrogens with zero attached hydrogens (tertiary/aromatic N) is 1. The molecule has 1 aliphatic heterocycles. The molecule has 1 aromatic carbocycles. The fourth-order valence-electron chi connectivity index (χ4n) is 2.27. The molecule has 3 nitrogen and oxygen atoms in total. The lowest BCUT2D eigenvalue weighted by atomic mass is 9.99. The summed E-state index contributed by atoms with van der Waals surface area (Å²) in [5, 5.41) is 10.2. The van der Waals surface area contributed by atoms with Gasteiger partial charge in [0.15, 0.2) is 0 Å². The molecule has 1 unspecified atom stereocenters. The van der Waals surface area contributed by atoms with Crippen LogP contribution in [0.2, 0.25) is 0 Å². The third-order valence-electron chi connectivity index (χ3n) is 3.28. The molecule has 0 aliphatic carbocycles. The summed E-state index contributed by atoms with van der Waals surface area (Å²) in [5.74, 6) is 0.954. The summed E-state index contributed by atoms with van der Waals surface area (Å²) in [6.45, 7) is 0.749.